The Kier molecular flexibility index (Phi) is 9.14. The van der Waals surface area contributed by atoms with Gasteiger partial charge in [-0.25, -0.2) is 4.79 Å². The average molecular weight is 819 g/mol. The van der Waals surface area contributed by atoms with Gasteiger partial charge >= 0.3 is 6.03 Å². The van der Waals surface area contributed by atoms with Crippen LogP contribution in [0, 0.1) is 56.7 Å². The summed E-state index contributed by atoms with van der Waals surface area (Å²) in [7, 11) is 0. The minimum absolute atomic E-state index is 0.0217. The summed E-state index contributed by atoms with van der Waals surface area (Å²) < 4.78 is 0. The van der Waals surface area contributed by atoms with Gasteiger partial charge in [-0.15, -0.1) is 0 Å². The first-order valence-electron chi connectivity index (χ1n) is 23.9. The van der Waals surface area contributed by atoms with Crippen LogP contribution < -0.4 is 5.32 Å². The highest BCUT2D eigenvalue weighted by Gasteiger charge is 2.74. The van der Waals surface area contributed by atoms with Crippen LogP contribution in [-0.4, -0.2) is 51.7 Å². The van der Waals surface area contributed by atoms with Gasteiger partial charge in [-0.1, -0.05) is 117 Å². The van der Waals surface area contributed by atoms with Gasteiger partial charge in [-0.2, -0.15) is 0 Å². The summed E-state index contributed by atoms with van der Waals surface area (Å²) in [5, 5.41) is 28.2. The first-order valence-corrected chi connectivity index (χ1v) is 23.9. The van der Waals surface area contributed by atoms with Gasteiger partial charge < -0.3 is 20.4 Å². The molecule has 0 aromatic heterocycles. The molecule has 320 valence electrons. The fourth-order valence-electron chi connectivity index (χ4n) is 16.7. The third-order valence-corrected chi connectivity index (χ3v) is 19.3. The molecule has 0 heterocycles. The Morgan fingerprint density at radius 3 is 1.98 bits per heavy atom. The van der Waals surface area contributed by atoms with Gasteiger partial charge in [0.15, 0.2) is 5.78 Å². The predicted octanol–water partition coefficient (Wildman–Crippen LogP) is 11.1. The summed E-state index contributed by atoms with van der Waals surface area (Å²) in [6.45, 7) is 7.84. The van der Waals surface area contributed by atoms with Gasteiger partial charge in [-0.3, -0.25) is 4.79 Å². The van der Waals surface area contributed by atoms with Gasteiger partial charge in [0, 0.05) is 33.9 Å². The molecule has 3 aromatic rings. The van der Waals surface area contributed by atoms with Crippen LogP contribution in [0.1, 0.15) is 126 Å². The highest BCUT2D eigenvalue weighted by Crippen LogP contribution is 2.78. The van der Waals surface area contributed by atoms with Gasteiger partial charge in [0.2, 0.25) is 0 Å². The number of carbonyl (C=O) groups excluding carboxylic acids is 2. The van der Waals surface area contributed by atoms with E-state index in [1.54, 1.807) is 0 Å². The number of allylic oxidation sites excluding steroid dienone is 4. The molecule has 0 radical (unpaired) electrons. The molecule has 61 heavy (non-hydrogen) atoms. The predicted molar refractivity (Wildman–Crippen MR) is 240 cm³/mol. The Morgan fingerprint density at radius 1 is 0.721 bits per heavy atom. The van der Waals surface area contributed by atoms with Crippen molar-refractivity contribution in [3.05, 3.63) is 120 Å². The molecule has 3 aromatic carbocycles. The van der Waals surface area contributed by atoms with E-state index in [2.05, 4.69) is 85.6 Å². The van der Waals surface area contributed by atoms with Crippen molar-refractivity contribution in [1.82, 2.24) is 10.2 Å². The third-order valence-electron chi connectivity index (χ3n) is 19.3. The van der Waals surface area contributed by atoms with Crippen molar-refractivity contribution in [2.75, 3.05) is 13.1 Å². The number of nitrogens with one attached hydrogen (secondary N) is 1. The lowest BCUT2D eigenvalue weighted by atomic mass is 9.32. The van der Waals surface area contributed by atoms with E-state index in [1.165, 1.54) is 38.5 Å². The highest BCUT2D eigenvalue weighted by atomic mass is 16.3. The first-order chi connectivity index (χ1) is 29.3. The van der Waals surface area contributed by atoms with Crippen molar-refractivity contribution in [2.45, 2.75) is 122 Å². The minimum Gasteiger partial charge on any atom is -0.393 e. The molecule has 13 rings (SSSR count). The summed E-state index contributed by atoms with van der Waals surface area (Å²) in [4.78, 5) is 32.3. The molecule has 6 bridgehead atoms. The molecule has 9 unspecified atom stereocenters. The molecule has 6 heteroatoms. The number of aliphatic hydroxyl groups is 2. The molecule has 10 aliphatic carbocycles. The molecule has 7 saturated carbocycles. The third kappa shape index (κ3) is 5.93. The van der Waals surface area contributed by atoms with Crippen molar-refractivity contribution in [3.8, 4) is 11.1 Å². The number of rotatable bonds is 9. The number of hydrogen-bond donors (Lipinski definition) is 3. The van der Waals surface area contributed by atoms with Gasteiger partial charge in [0.05, 0.1) is 24.3 Å². The molecule has 0 aliphatic heterocycles. The smallest absolute Gasteiger partial charge is 0.317 e. The van der Waals surface area contributed by atoms with Crippen molar-refractivity contribution >= 4 is 11.8 Å². The molecule has 0 saturated heterocycles. The SMILES string of the molecule is CC(NC(=O)N(CC12CC3CC(CC(C3)C1)C2)CC1(O)CCC2C34C=CC5(C=C3C(=O)c3ccc(-c6ccccc6)cc3)CC(O)CCC5(C)C4CCC21C)c1ccccc1. The van der Waals surface area contributed by atoms with Crippen LogP contribution in [0.3, 0.4) is 0 Å². The Balaban J connectivity index is 0.955. The Bertz CT molecular complexity index is 2230. The van der Waals surface area contributed by atoms with E-state index >= 15 is 4.79 Å². The summed E-state index contributed by atoms with van der Waals surface area (Å²) in [5.74, 6) is 2.61. The van der Waals surface area contributed by atoms with Crippen LogP contribution in [0.5, 0.6) is 0 Å². The van der Waals surface area contributed by atoms with Crippen molar-refractivity contribution in [2.24, 2.45) is 56.7 Å². The molecule has 2 spiro atoms. The minimum atomic E-state index is -1.12. The number of amides is 2. The van der Waals surface area contributed by atoms with E-state index in [0.29, 0.717) is 31.5 Å². The lowest BCUT2D eigenvalue weighted by Crippen LogP contribution is -2.67. The average Bonchev–Trinajstić information content (AvgIpc) is 3.52. The Labute approximate surface area is 363 Å². The van der Waals surface area contributed by atoms with E-state index in [0.717, 1.165) is 72.1 Å². The number of carbonyl (C=O) groups is 2. The van der Waals surface area contributed by atoms with Crippen LogP contribution in [0.4, 0.5) is 4.79 Å². The molecule has 7 fully saturated rings. The quantitative estimate of drug-likeness (QED) is 0.148. The number of hydrogen-bond acceptors (Lipinski definition) is 4. The number of benzene rings is 3. The van der Waals surface area contributed by atoms with Crippen molar-refractivity contribution in [3.63, 3.8) is 0 Å². The molecular weight excluding hydrogens is 753 g/mol. The van der Waals surface area contributed by atoms with Crippen molar-refractivity contribution < 1.29 is 19.8 Å². The van der Waals surface area contributed by atoms with E-state index in [1.807, 2.05) is 48.5 Å². The van der Waals surface area contributed by atoms with E-state index < -0.39 is 27.9 Å². The summed E-state index contributed by atoms with van der Waals surface area (Å²) in [6.07, 6.45) is 19.8. The van der Waals surface area contributed by atoms with Crippen LogP contribution in [0.25, 0.3) is 11.1 Å². The molecule has 6 nitrogen and oxygen atoms in total. The summed E-state index contributed by atoms with van der Waals surface area (Å²) in [6, 6.07) is 28.5. The molecular formula is C55H66N2O4. The van der Waals surface area contributed by atoms with Gasteiger partial charge in [-0.05, 0) is 148 Å². The second-order valence-electron chi connectivity index (χ2n) is 22.4. The fourth-order valence-corrected chi connectivity index (χ4v) is 16.7. The normalized spacial score (nSPS) is 41.6. The summed E-state index contributed by atoms with van der Waals surface area (Å²) >= 11 is 0. The maximum atomic E-state index is 15.3. The molecule has 3 N–H and O–H groups in total. The van der Waals surface area contributed by atoms with E-state index in [9.17, 15) is 15.0 Å². The Hall–Kier alpha value is -4.00. The van der Waals surface area contributed by atoms with Crippen molar-refractivity contribution in [1.29, 1.82) is 0 Å². The highest BCUT2D eigenvalue weighted by molar-refractivity contribution is 6.10. The lowest BCUT2D eigenvalue weighted by Gasteiger charge is -2.71. The maximum absolute atomic E-state index is 15.3. The fraction of sp³-hybridized carbons (Fsp3) is 0.564. The second-order valence-corrected chi connectivity index (χ2v) is 22.4. The molecule has 10 aliphatic rings. The zero-order valence-electron chi connectivity index (χ0n) is 36.6. The molecule has 2 amide bonds. The maximum Gasteiger partial charge on any atom is 0.317 e. The monoisotopic (exact) mass is 819 g/mol. The number of Topliss-reactive ketones (excluding diaryl/α,β-unsaturated/α-hetero) is 1. The van der Waals surface area contributed by atoms with Crippen LogP contribution in [0.15, 0.2) is 109 Å². The van der Waals surface area contributed by atoms with E-state index in [-0.39, 0.29) is 40.5 Å². The van der Waals surface area contributed by atoms with Gasteiger partial charge in [0.25, 0.3) is 0 Å². The number of ketones is 1. The Morgan fingerprint density at radius 2 is 1.31 bits per heavy atom. The van der Waals surface area contributed by atoms with E-state index in [4.69, 9.17) is 0 Å². The zero-order chi connectivity index (χ0) is 42.0. The standard InChI is InChI=1S/C55H66N2O4/c1-36(40-10-6-4-7-11-40)56-49(60)57(34-52-29-37-26-38(30-52)28-39(27-37)31-52)35-54(61)23-20-47-51(54,3)22-19-46-50(2)21-18-44(58)32-53(50)24-25-55(46,47)45(33-53)48(59)43-16-14-42(15-17-43)41-12-8-5-9-13-41/h4-17,24-25,33,36-39,44,46-47,58,61H,18-23,26-32,34-35H2,1-3H3,(H,56,60). The van der Waals surface area contributed by atoms with Gasteiger partial charge in [0.1, 0.15) is 0 Å². The molecule has 9 atom stereocenters. The topological polar surface area (TPSA) is 89.9 Å². The van der Waals surface area contributed by atoms with Crippen LogP contribution in [0.2, 0.25) is 0 Å². The number of nitrogens with zero attached hydrogens (tertiary/aromatic N) is 1. The second kappa shape index (κ2) is 14.0. The number of urea groups is 1. The van der Waals surface area contributed by atoms with Crippen LogP contribution >= 0.6 is 0 Å². The zero-order valence-corrected chi connectivity index (χ0v) is 36.6. The van der Waals surface area contributed by atoms with Crippen LogP contribution in [-0.2, 0) is 0 Å². The number of aliphatic hydroxyl groups excluding tert-OH is 1. The largest absolute Gasteiger partial charge is 0.393 e. The summed E-state index contributed by atoms with van der Waals surface area (Å²) in [5.41, 5.74) is 2.26. The lowest BCUT2D eigenvalue weighted by molar-refractivity contribution is -0.176. The first kappa shape index (κ1) is 39.8. The number of fused-ring (bicyclic) bond motifs is 1.